The van der Waals surface area contributed by atoms with Crippen LogP contribution >= 0.6 is 0 Å². The van der Waals surface area contributed by atoms with Gasteiger partial charge in [-0.15, -0.1) is 0 Å². The molecule has 0 spiro atoms. The SMILES string of the molecule is CC.CC(=O)/C=C\c1ncc(F)cc1C. The Labute approximate surface area is 89.8 Å². The number of halogens is 1. The summed E-state index contributed by atoms with van der Waals surface area (Å²) in [5.74, 6) is -0.414. The van der Waals surface area contributed by atoms with Crippen LogP contribution in [0.4, 0.5) is 4.39 Å². The third-order valence-corrected chi connectivity index (χ3v) is 1.56. The highest BCUT2D eigenvalue weighted by Gasteiger charge is 1.97. The second-order valence-corrected chi connectivity index (χ2v) is 2.80. The molecule has 15 heavy (non-hydrogen) atoms. The fraction of sp³-hybridized carbons (Fsp3) is 0.333. The van der Waals surface area contributed by atoms with E-state index in [0.29, 0.717) is 5.69 Å². The van der Waals surface area contributed by atoms with Gasteiger partial charge in [0.25, 0.3) is 0 Å². The van der Waals surface area contributed by atoms with E-state index in [2.05, 4.69) is 4.98 Å². The lowest BCUT2D eigenvalue weighted by atomic mass is 10.2. The molecule has 0 saturated carbocycles. The molecule has 0 unspecified atom stereocenters. The quantitative estimate of drug-likeness (QED) is 0.700. The van der Waals surface area contributed by atoms with E-state index in [1.807, 2.05) is 13.8 Å². The minimum Gasteiger partial charge on any atom is -0.295 e. The number of hydrogen-bond donors (Lipinski definition) is 0. The first-order valence-corrected chi connectivity index (χ1v) is 4.90. The van der Waals surface area contributed by atoms with E-state index in [1.54, 1.807) is 13.0 Å². The van der Waals surface area contributed by atoms with Gasteiger partial charge < -0.3 is 0 Å². The van der Waals surface area contributed by atoms with Crippen molar-refractivity contribution < 1.29 is 9.18 Å². The maximum atomic E-state index is 12.6. The summed E-state index contributed by atoms with van der Waals surface area (Å²) >= 11 is 0. The van der Waals surface area contributed by atoms with Gasteiger partial charge in [0.1, 0.15) is 5.82 Å². The van der Waals surface area contributed by atoms with E-state index in [0.717, 1.165) is 11.8 Å². The van der Waals surface area contributed by atoms with Crippen molar-refractivity contribution in [2.45, 2.75) is 27.7 Å². The summed E-state index contributed by atoms with van der Waals surface area (Å²) in [7, 11) is 0. The molecule has 0 radical (unpaired) electrons. The highest BCUT2D eigenvalue weighted by atomic mass is 19.1. The lowest BCUT2D eigenvalue weighted by Crippen LogP contribution is -1.89. The molecule has 1 heterocycles. The molecule has 0 aliphatic carbocycles. The van der Waals surface area contributed by atoms with Crippen molar-refractivity contribution in [3.63, 3.8) is 0 Å². The first-order chi connectivity index (χ1) is 7.09. The Morgan fingerprint density at radius 2 is 2.07 bits per heavy atom. The molecule has 2 nitrogen and oxygen atoms in total. The predicted molar refractivity (Wildman–Crippen MR) is 60.0 cm³/mol. The number of pyridine rings is 1. The van der Waals surface area contributed by atoms with Crippen LogP contribution in [0.1, 0.15) is 32.0 Å². The predicted octanol–water partition coefficient (Wildman–Crippen LogP) is 3.16. The van der Waals surface area contributed by atoms with E-state index in [-0.39, 0.29) is 11.6 Å². The minimum absolute atomic E-state index is 0.0504. The van der Waals surface area contributed by atoms with Crippen molar-refractivity contribution in [2.24, 2.45) is 0 Å². The van der Waals surface area contributed by atoms with Gasteiger partial charge in [-0.05, 0) is 37.6 Å². The first-order valence-electron chi connectivity index (χ1n) is 4.90. The highest BCUT2D eigenvalue weighted by Crippen LogP contribution is 2.07. The number of carbonyl (C=O) groups excluding carboxylic acids is 1. The topological polar surface area (TPSA) is 30.0 Å². The number of allylic oxidation sites excluding steroid dienone is 1. The normalized spacial score (nSPS) is 9.67. The van der Waals surface area contributed by atoms with Gasteiger partial charge in [-0.3, -0.25) is 9.78 Å². The third kappa shape index (κ3) is 5.05. The third-order valence-electron chi connectivity index (χ3n) is 1.56. The monoisotopic (exact) mass is 209 g/mol. The van der Waals surface area contributed by atoms with Crippen LogP contribution in [0.3, 0.4) is 0 Å². The molecule has 1 aromatic heterocycles. The van der Waals surface area contributed by atoms with Gasteiger partial charge in [-0.2, -0.15) is 0 Å². The maximum Gasteiger partial charge on any atom is 0.152 e. The minimum atomic E-state index is -0.363. The number of carbonyl (C=O) groups is 1. The summed E-state index contributed by atoms with van der Waals surface area (Å²) in [5.41, 5.74) is 1.34. The summed E-state index contributed by atoms with van der Waals surface area (Å²) < 4.78 is 12.6. The number of ketones is 1. The number of rotatable bonds is 2. The lowest BCUT2D eigenvalue weighted by molar-refractivity contribution is -0.112. The van der Waals surface area contributed by atoms with Crippen LogP contribution < -0.4 is 0 Å². The fourth-order valence-corrected chi connectivity index (χ4v) is 0.922. The van der Waals surface area contributed by atoms with Crippen LogP contribution in [0.15, 0.2) is 18.3 Å². The van der Waals surface area contributed by atoms with E-state index >= 15 is 0 Å². The number of hydrogen-bond acceptors (Lipinski definition) is 2. The van der Waals surface area contributed by atoms with E-state index in [1.165, 1.54) is 19.1 Å². The number of aromatic nitrogens is 1. The molecule has 0 aromatic carbocycles. The smallest absolute Gasteiger partial charge is 0.152 e. The van der Waals surface area contributed by atoms with Crippen LogP contribution in [0, 0.1) is 12.7 Å². The zero-order valence-corrected chi connectivity index (χ0v) is 9.54. The second kappa shape index (κ2) is 6.87. The van der Waals surface area contributed by atoms with Gasteiger partial charge in [-0.25, -0.2) is 4.39 Å². The largest absolute Gasteiger partial charge is 0.295 e. The molecule has 0 N–H and O–H groups in total. The standard InChI is InChI=1S/C10H10FNO.C2H6/c1-7-5-9(11)6-12-10(7)4-3-8(2)13;1-2/h3-6H,1-2H3;1-2H3/b4-3-;. The van der Waals surface area contributed by atoms with Crippen LogP contribution in [0.5, 0.6) is 0 Å². The Bertz CT molecular complexity index is 359. The average molecular weight is 209 g/mol. The molecule has 1 rings (SSSR count). The molecule has 0 bridgehead atoms. The average Bonchev–Trinajstić information content (AvgIpc) is 2.19. The number of aryl methyl sites for hydroxylation is 1. The van der Waals surface area contributed by atoms with Crippen molar-refractivity contribution in [1.29, 1.82) is 0 Å². The Morgan fingerprint density at radius 3 is 2.53 bits per heavy atom. The van der Waals surface area contributed by atoms with Crippen molar-refractivity contribution in [1.82, 2.24) is 4.98 Å². The zero-order chi connectivity index (χ0) is 11.8. The van der Waals surface area contributed by atoms with Crippen molar-refractivity contribution in [3.05, 3.63) is 35.4 Å². The Hall–Kier alpha value is -1.51. The molecule has 0 aliphatic rings. The van der Waals surface area contributed by atoms with Gasteiger partial charge in [0.2, 0.25) is 0 Å². The van der Waals surface area contributed by atoms with Crippen molar-refractivity contribution in [3.8, 4) is 0 Å². The van der Waals surface area contributed by atoms with Crippen LogP contribution in [0.2, 0.25) is 0 Å². The van der Waals surface area contributed by atoms with Gasteiger partial charge >= 0.3 is 0 Å². The molecule has 0 saturated heterocycles. The molecular formula is C12H16FNO. The Kier molecular flexibility index (Phi) is 6.18. The van der Waals surface area contributed by atoms with E-state index in [4.69, 9.17) is 0 Å². The van der Waals surface area contributed by atoms with Crippen LogP contribution in [-0.2, 0) is 4.79 Å². The van der Waals surface area contributed by atoms with Gasteiger partial charge in [-0.1, -0.05) is 13.8 Å². The molecule has 1 aromatic rings. The number of nitrogens with zero attached hydrogens (tertiary/aromatic N) is 1. The van der Waals surface area contributed by atoms with Crippen molar-refractivity contribution >= 4 is 11.9 Å². The maximum absolute atomic E-state index is 12.6. The summed E-state index contributed by atoms with van der Waals surface area (Å²) in [6, 6.07) is 1.38. The molecule has 82 valence electrons. The Balaban J connectivity index is 0.000000921. The molecular weight excluding hydrogens is 193 g/mol. The summed E-state index contributed by atoms with van der Waals surface area (Å²) in [4.78, 5) is 14.4. The van der Waals surface area contributed by atoms with Crippen molar-refractivity contribution in [2.75, 3.05) is 0 Å². The van der Waals surface area contributed by atoms with Gasteiger partial charge in [0.05, 0.1) is 11.9 Å². The highest BCUT2D eigenvalue weighted by molar-refractivity contribution is 5.91. The first kappa shape index (κ1) is 13.5. The molecule has 0 atom stereocenters. The van der Waals surface area contributed by atoms with E-state index < -0.39 is 0 Å². The molecule has 0 amide bonds. The Morgan fingerprint density at radius 1 is 1.47 bits per heavy atom. The van der Waals surface area contributed by atoms with Crippen LogP contribution in [0.25, 0.3) is 6.08 Å². The lowest BCUT2D eigenvalue weighted by Gasteiger charge is -1.97. The van der Waals surface area contributed by atoms with Crippen LogP contribution in [-0.4, -0.2) is 10.8 Å². The summed E-state index contributed by atoms with van der Waals surface area (Å²) in [6.45, 7) is 7.20. The van der Waals surface area contributed by atoms with Gasteiger partial charge in [0, 0.05) is 0 Å². The van der Waals surface area contributed by atoms with Gasteiger partial charge in [0.15, 0.2) is 5.78 Å². The summed E-state index contributed by atoms with van der Waals surface area (Å²) in [5, 5.41) is 0. The zero-order valence-electron chi connectivity index (χ0n) is 9.54. The fourth-order valence-electron chi connectivity index (χ4n) is 0.922. The summed E-state index contributed by atoms with van der Waals surface area (Å²) in [6.07, 6.45) is 4.12. The molecule has 0 aliphatic heterocycles. The van der Waals surface area contributed by atoms with E-state index in [9.17, 15) is 9.18 Å². The second-order valence-electron chi connectivity index (χ2n) is 2.80. The molecule has 3 heteroatoms. The molecule has 0 fully saturated rings.